The predicted octanol–water partition coefficient (Wildman–Crippen LogP) is 5.15. The zero-order valence-electron chi connectivity index (χ0n) is 12.9. The molecule has 0 saturated heterocycles. The van der Waals surface area contributed by atoms with Crippen LogP contribution in [0.15, 0.2) is 0 Å². The van der Waals surface area contributed by atoms with Crippen LogP contribution >= 0.6 is 0 Å². The molecule has 0 aromatic carbocycles. The summed E-state index contributed by atoms with van der Waals surface area (Å²) in [6.07, 6.45) is 12.6. The Labute approximate surface area is 110 Å². The summed E-state index contributed by atoms with van der Waals surface area (Å²) in [4.78, 5) is 0. The number of hydrogen-bond donors (Lipinski definition) is 1. The minimum absolute atomic E-state index is 0.506. The Morgan fingerprint density at radius 1 is 0.941 bits per heavy atom. The Bertz CT molecular complexity index is 163. The fourth-order valence-electron chi connectivity index (χ4n) is 2.59. The molecule has 17 heavy (non-hydrogen) atoms. The van der Waals surface area contributed by atoms with Crippen LogP contribution < -0.4 is 5.32 Å². The number of unbranched alkanes of at least 4 members (excludes halogenated alkanes) is 6. The van der Waals surface area contributed by atoms with E-state index in [2.05, 4.69) is 40.1 Å². The van der Waals surface area contributed by atoms with Crippen LogP contribution in [-0.2, 0) is 0 Å². The van der Waals surface area contributed by atoms with E-state index in [1.165, 1.54) is 57.8 Å². The summed E-state index contributed by atoms with van der Waals surface area (Å²) < 4.78 is 0. The van der Waals surface area contributed by atoms with Crippen molar-refractivity contribution >= 4 is 0 Å². The van der Waals surface area contributed by atoms with Crippen molar-refractivity contribution in [2.24, 2.45) is 5.41 Å². The van der Waals surface area contributed by atoms with Gasteiger partial charge in [-0.25, -0.2) is 0 Å². The molecule has 0 aromatic rings. The standard InChI is InChI=1S/C16H35N/c1-6-7-8-9-10-11-12-13-16(3,4)14-15(2)17-5/h15,17H,6-14H2,1-5H3. The van der Waals surface area contributed by atoms with E-state index in [0.717, 1.165) is 0 Å². The first kappa shape index (κ1) is 17.0. The molecule has 104 valence electrons. The maximum absolute atomic E-state index is 3.35. The van der Waals surface area contributed by atoms with Gasteiger partial charge in [0.2, 0.25) is 0 Å². The molecule has 1 atom stereocenters. The Balaban J connectivity index is 3.45. The summed E-state index contributed by atoms with van der Waals surface area (Å²) in [5.74, 6) is 0. The van der Waals surface area contributed by atoms with Crippen LogP contribution in [0.1, 0.15) is 85.5 Å². The average molecular weight is 241 g/mol. The summed E-state index contributed by atoms with van der Waals surface area (Å²) >= 11 is 0. The van der Waals surface area contributed by atoms with Crippen LogP contribution in [0, 0.1) is 5.41 Å². The van der Waals surface area contributed by atoms with Crippen LogP contribution in [0.5, 0.6) is 0 Å². The van der Waals surface area contributed by atoms with Crippen LogP contribution in [-0.4, -0.2) is 13.1 Å². The van der Waals surface area contributed by atoms with E-state index < -0.39 is 0 Å². The molecule has 0 aliphatic carbocycles. The molecule has 0 aromatic heterocycles. The zero-order valence-corrected chi connectivity index (χ0v) is 12.9. The molecule has 0 spiro atoms. The van der Waals surface area contributed by atoms with E-state index in [0.29, 0.717) is 11.5 Å². The highest BCUT2D eigenvalue weighted by Crippen LogP contribution is 2.29. The summed E-state index contributed by atoms with van der Waals surface area (Å²) in [6, 6.07) is 0.648. The van der Waals surface area contributed by atoms with Crippen molar-refractivity contribution in [1.82, 2.24) is 5.32 Å². The third-order valence-electron chi connectivity index (χ3n) is 3.81. The maximum Gasteiger partial charge on any atom is 0.00408 e. The number of nitrogens with one attached hydrogen (secondary N) is 1. The minimum Gasteiger partial charge on any atom is -0.317 e. The lowest BCUT2D eigenvalue weighted by Gasteiger charge is -2.28. The zero-order chi connectivity index (χ0) is 13.1. The lowest BCUT2D eigenvalue weighted by molar-refractivity contribution is 0.263. The Morgan fingerprint density at radius 3 is 2.00 bits per heavy atom. The molecule has 0 rings (SSSR count). The topological polar surface area (TPSA) is 12.0 Å². The normalized spacial score (nSPS) is 13.9. The second kappa shape index (κ2) is 9.94. The van der Waals surface area contributed by atoms with Gasteiger partial charge < -0.3 is 5.32 Å². The first-order chi connectivity index (χ1) is 8.02. The molecule has 0 aliphatic heterocycles. The van der Waals surface area contributed by atoms with Gasteiger partial charge in [0, 0.05) is 6.04 Å². The van der Waals surface area contributed by atoms with Crippen molar-refractivity contribution in [3.63, 3.8) is 0 Å². The molecule has 0 fully saturated rings. The van der Waals surface area contributed by atoms with Crippen LogP contribution in [0.3, 0.4) is 0 Å². The van der Waals surface area contributed by atoms with E-state index in [1.807, 2.05) is 0 Å². The number of rotatable bonds is 11. The lowest BCUT2D eigenvalue weighted by atomic mass is 9.81. The van der Waals surface area contributed by atoms with Gasteiger partial charge in [-0.2, -0.15) is 0 Å². The molecule has 0 heterocycles. The van der Waals surface area contributed by atoms with Gasteiger partial charge in [0.25, 0.3) is 0 Å². The van der Waals surface area contributed by atoms with Gasteiger partial charge >= 0.3 is 0 Å². The largest absolute Gasteiger partial charge is 0.317 e. The quantitative estimate of drug-likeness (QED) is 0.493. The first-order valence-corrected chi connectivity index (χ1v) is 7.69. The van der Waals surface area contributed by atoms with E-state index in [9.17, 15) is 0 Å². The fraction of sp³-hybridized carbons (Fsp3) is 1.00. The monoisotopic (exact) mass is 241 g/mol. The maximum atomic E-state index is 3.35. The Hall–Kier alpha value is -0.0400. The van der Waals surface area contributed by atoms with Gasteiger partial charge in [-0.15, -0.1) is 0 Å². The third kappa shape index (κ3) is 10.8. The van der Waals surface area contributed by atoms with E-state index in [4.69, 9.17) is 0 Å². The molecule has 1 N–H and O–H groups in total. The van der Waals surface area contributed by atoms with Crippen molar-refractivity contribution in [2.75, 3.05) is 7.05 Å². The summed E-state index contributed by atoms with van der Waals surface area (Å²) in [5.41, 5.74) is 0.506. The molecule has 1 unspecified atom stereocenters. The van der Waals surface area contributed by atoms with Crippen molar-refractivity contribution in [3.05, 3.63) is 0 Å². The Morgan fingerprint density at radius 2 is 1.47 bits per heavy atom. The first-order valence-electron chi connectivity index (χ1n) is 7.69. The molecule has 0 amide bonds. The summed E-state index contributed by atoms with van der Waals surface area (Å²) in [7, 11) is 2.06. The second-order valence-electron chi connectivity index (χ2n) is 6.43. The molecule has 0 bridgehead atoms. The molecule has 0 radical (unpaired) electrons. The molecule has 0 aliphatic rings. The third-order valence-corrected chi connectivity index (χ3v) is 3.81. The van der Waals surface area contributed by atoms with Gasteiger partial charge in [-0.3, -0.25) is 0 Å². The van der Waals surface area contributed by atoms with Gasteiger partial charge in [0.15, 0.2) is 0 Å². The van der Waals surface area contributed by atoms with Gasteiger partial charge in [0.05, 0.1) is 0 Å². The highest BCUT2D eigenvalue weighted by molar-refractivity contribution is 4.74. The highest BCUT2D eigenvalue weighted by atomic mass is 14.9. The van der Waals surface area contributed by atoms with E-state index >= 15 is 0 Å². The highest BCUT2D eigenvalue weighted by Gasteiger charge is 2.19. The smallest absolute Gasteiger partial charge is 0.00408 e. The average Bonchev–Trinajstić information content (AvgIpc) is 2.27. The second-order valence-corrected chi connectivity index (χ2v) is 6.43. The van der Waals surface area contributed by atoms with Crippen molar-refractivity contribution in [3.8, 4) is 0 Å². The van der Waals surface area contributed by atoms with Gasteiger partial charge in [-0.05, 0) is 32.2 Å². The summed E-state index contributed by atoms with van der Waals surface area (Å²) in [5, 5.41) is 3.35. The minimum atomic E-state index is 0.506. The van der Waals surface area contributed by atoms with Crippen molar-refractivity contribution < 1.29 is 0 Å². The summed E-state index contributed by atoms with van der Waals surface area (Å²) in [6.45, 7) is 9.40. The molecule has 1 heteroatoms. The van der Waals surface area contributed by atoms with E-state index in [-0.39, 0.29) is 0 Å². The predicted molar refractivity (Wildman–Crippen MR) is 79.5 cm³/mol. The SMILES string of the molecule is CCCCCCCCCC(C)(C)CC(C)NC. The number of hydrogen-bond acceptors (Lipinski definition) is 1. The van der Waals surface area contributed by atoms with Crippen molar-refractivity contribution in [1.29, 1.82) is 0 Å². The molecular formula is C16H35N. The molecule has 1 nitrogen and oxygen atoms in total. The van der Waals surface area contributed by atoms with Crippen LogP contribution in [0.25, 0.3) is 0 Å². The Kier molecular flexibility index (Phi) is 9.91. The van der Waals surface area contributed by atoms with Gasteiger partial charge in [0.1, 0.15) is 0 Å². The van der Waals surface area contributed by atoms with Crippen molar-refractivity contribution in [2.45, 2.75) is 91.5 Å². The molecular weight excluding hydrogens is 206 g/mol. The van der Waals surface area contributed by atoms with Crippen LogP contribution in [0.2, 0.25) is 0 Å². The fourth-order valence-corrected chi connectivity index (χ4v) is 2.59. The molecule has 0 saturated carbocycles. The van der Waals surface area contributed by atoms with Gasteiger partial charge in [-0.1, -0.05) is 65.7 Å². The van der Waals surface area contributed by atoms with E-state index in [1.54, 1.807) is 0 Å². The lowest BCUT2D eigenvalue weighted by Crippen LogP contribution is -2.28. The van der Waals surface area contributed by atoms with Crippen LogP contribution in [0.4, 0.5) is 0 Å².